The smallest absolute Gasteiger partial charge is 0.188 e. The van der Waals surface area contributed by atoms with Gasteiger partial charge in [0.1, 0.15) is 26.9 Å². The molecule has 7 aromatic rings. The predicted octanol–water partition coefficient (Wildman–Crippen LogP) is 4.98. The lowest BCUT2D eigenvalue weighted by Crippen LogP contribution is -2.85. The number of hydrogen-bond acceptors (Lipinski definition) is 12. The highest BCUT2D eigenvalue weighted by Crippen LogP contribution is 2.59. The molecule has 537 valence electrons. The van der Waals surface area contributed by atoms with E-state index in [2.05, 4.69) is 0 Å². The van der Waals surface area contributed by atoms with Crippen molar-refractivity contribution in [3.63, 3.8) is 0 Å². The van der Waals surface area contributed by atoms with Crippen molar-refractivity contribution >= 4 is 244 Å². The van der Waals surface area contributed by atoms with Crippen LogP contribution in [0.5, 0.6) is 17.2 Å². The molecule has 2 unspecified atom stereocenters. The van der Waals surface area contributed by atoms with Gasteiger partial charge in [-0.3, -0.25) is 0 Å². The van der Waals surface area contributed by atoms with Gasteiger partial charge in [-0.1, -0.05) is 65.1 Å². The molecule has 2 fully saturated rings. The fraction of sp³-hybridized carbons (Fsp3) is 0.344. The van der Waals surface area contributed by atoms with Crippen LogP contribution in [-0.2, 0) is 40.5 Å². The van der Waals surface area contributed by atoms with E-state index in [1.165, 1.54) is 67.4 Å². The third-order valence-corrected chi connectivity index (χ3v) is 28.8. The lowest BCUT2D eigenvalue weighted by Gasteiger charge is -2.49. The Morgan fingerprint density at radius 2 is 0.902 bits per heavy atom. The molecule has 3 aliphatic heterocycles. The Kier molecular flexibility index (Phi) is 33.1. The standard InChI is InChI=1S/C26H25ClF2O3S.2C19H17ClF2O4S.B25/c27-18-8-10-19(11-9-18)33-26-20(16-32-25-22(29)13-12-21(28)24(25)26)23(7-4-14-30)31-15-17-5-2-1-3-6-17;2*20-11-3-5-12(6-4-11)27(24,25)19-9-1-2-16(23)13(19)10-26-18-15(22)8-7-14(21)17(18)19;1-14-21(15(2)3)24(20(12)13)25(22(16(4)5)17(6)7)23(18(8)9)19(10)11/h1-3,5-6,8-13,20,23,26,30H,4,7,14-16H2;2*3-8,13,16,23H,1-2,9-10H2;/t20-,23+,26-;13?,16-,19+;13?,16-,19-;/m101./s1. The lowest BCUT2D eigenvalue weighted by atomic mass is 8.35. The maximum atomic E-state index is 15.0. The van der Waals surface area contributed by atoms with Crippen molar-refractivity contribution in [2.75, 3.05) is 26.4 Å². The molecule has 5 aliphatic rings. The molecule has 0 spiro atoms. The van der Waals surface area contributed by atoms with Gasteiger partial charge in [-0.25, -0.2) is 43.2 Å². The first-order chi connectivity index (χ1) is 53.0. The second kappa shape index (κ2) is 40.2. The number of ether oxygens (including phenoxy) is 4. The van der Waals surface area contributed by atoms with Crippen LogP contribution in [0.2, 0.25) is 15.1 Å². The van der Waals surface area contributed by atoms with Crippen LogP contribution < -0.4 is 14.2 Å². The van der Waals surface area contributed by atoms with Gasteiger partial charge in [0, 0.05) is 233 Å². The Morgan fingerprint density at radius 1 is 0.509 bits per heavy atom. The van der Waals surface area contributed by atoms with Gasteiger partial charge in [-0.2, -0.15) is 0 Å². The van der Waals surface area contributed by atoms with E-state index in [0.29, 0.717) is 60.2 Å². The summed E-state index contributed by atoms with van der Waals surface area (Å²) in [5.74, 6) is -7.35. The van der Waals surface area contributed by atoms with Gasteiger partial charge >= 0.3 is 0 Å². The average Bonchev–Trinajstić information content (AvgIpc) is 0.702. The van der Waals surface area contributed by atoms with E-state index in [1.54, 1.807) is 12.1 Å². The van der Waals surface area contributed by atoms with Gasteiger partial charge in [-0.15, -0.1) is 11.8 Å². The maximum Gasteiger partial charge on any atom is 0.188 e. The first kappa shape index (κ1) is 92.0. The van der Waals surface area contributed by atoms with Crippen LogP contribution in [0.4, 0.5) is 26.3 Å². The minimum absolute atomic E-state index is 0.0212. The SMILES string of the molecule is O=S(=O)(c1ccc(Cl)cc1)[C@]12CCC[C@@H](O)C1COc1c(F)ccc(F)c12.O=S(=O)(c1ccc(Cl)cc1)[C@]12CCC[C@H](O)C1COc1c(F)ccc(F)c12.OCCC[C@H](OCc1ccccc1)[C@H]1COc2c(F)ccc(F)c2[C@@H]1Sc1ccc(Cl)cc1.[B][B]B(B([B])[B])B(B([B])[B])B(B(B([B])[B])B([B])[B])B(B([B])[B])B([B])[B]. The lowest BCUT2D eigenvalue weighted by molar-refractivity contribution is -0.0271. The molecule has 9 atom stereocenters. The summed E-state index contributed by atoms with van der Waals surface area (Å²) in [5, 5.41) is 31.4. The van der Waals surface area contributed by atoms with Crippen molar-refractivity contribution in [3.05, 3.63) is 212 Å². The number of thioether (sulfide) groups is 1. The number of aliphatic hydroxyl groups excluding tert-OH is 3. The Morgan fingerprint density at radius 3 is 1.30 bits per heavy atom. The van der Waals surface area contributed by atoms with E-state index >= 15 is 4.39 Å². The van der Waals surface area contributed by atoms with E-state index in [1.807, 2.05) is 42.5 Å². The third-order valence-electron chi connectivity index (χ3n) is 21.6. The van der Waals surface area contributed by atoms with E-state index in [0.717, 1.165) is 46.9 Å². The second-order valence-electron chi connectivity index (χ2n) is 28.4. The summed E-state index contributed by atoms with van der Waals surface area (Å²) in [6.07, 6.45) is -8.82. The summed E-state index contributed by atoms with van der Waals surface area (Å²) in [7, 11) is 69.5. The summed E-state index contributed by atoms with van der Waals surface area (Å²) in [5.41, 5.74) is 0.575. The van der Waals surface area contributed by atoms with E-state index < -0.39 is 175 Å². The average molecular weight is 1590 g/mol. The van der Waals surface area contributed by atoms with Gasteiger partial charge in [0.15, 0.2) is 54.4 Å². The molecular formula is C64H59B25Cl3F6O11S3. The van der Waals surface area contributed by atoms with Crippen molar-refractivity contribution in [3.8, 4) is 17.2 Å². The molecule has 2 saturated carbocycles. The monoisotopic (exact) mass is 1590 g/mol. The number of hydrogen-bond donors (Lipinski definition) is 3. The van der Waals surface area contributed by atoms with Crippen LogP contribution in [0.15, 0.2) is 154 Å². The molecule has 3 N–H and O–H groups in total. The second-order valence-corrected chi connectivity index (χ2v) is 35.3. The van der Waals surface area contributed by atoms with Gasteiger partial charge in [0.05, 0.1) is 65.7 Å². The highest BCUT2D eigenvalue weighted by molar-refractivity contribution is 8.24. The number of sulfone groups is 2. The molecule has 7 aromatic carbocycles. The van der Waals surface area contributed by atoms with Crippen molar-refractivity contribution < 1.29 is 77.4 Å². The molecule has 12 rings (SSSR count). The number of fused-ring (bicyclic) bond motifs is 7. The molecule has 27 radical (unpaired) electrons. The van der Waals surface area contributed by atoms with E-state index in [9.17, 15) is 54.1 Å². The number of halogens is 9. The molecule has 0 saturated heterocycles. The third kappa shape index (κ3) is 19.8. The number of rotatable bonds is 24. The fourth-order valence-electron chi connectivity index (χ4n) is 16.4. The van der Waals surface area contributed by atoms with Crippen LogP contribution >= 0.6 is 46.6 Å². The summed E-state index contributed by atoms with van der Waals surface area (Å²) < 4.78 is 162. The van der Waals surface area contributed by atoms with Gasteiger partial charge in [0.2, 0.25) is 0 Å². The molecule has 2 aliphatic carbocycles. The van der Waals surface area contributed by atoms with E-state index in [4.69, 9.17) is 154 Å². The summed E-state index contributed by atoms with van der Waals surface area (Å²) in [6.45, 7) is 0.170. The molecule has 0 amide bonds. The minimum atomic E-state index is -4.19. The van der Waals surface area contributed by atoms with Gasteiger partial charge in [0.25, 0.3) is 0 Å². The fourth-order valence-corrected chi connectivity index (χ4v) is 22.9. The highest BCUT2D eigenvalue weighted by atomic mass is 35.5. The Hall–Kier alpha value is -3.90. The predicted molar refractivity (Wildman–Crippen MR) is 462 cm³/mol. The van der Waals surface area contributed by atoms with Crippen molar-refractivity contribution in [2.45, 2.75) is 106 Å². The number of aliphatic hydroxyl groups is 3. The molecule has 48 heteroatoms. The van der Waals surface area contributed by atoms with Crippen LogP contribution in [0.25, 0.3) is 0 Å². The zero-order chi connectivity index (χ0) is 82.1. The molecule has 112 heavy (non-hydrogen) atoms. The summed E-state index contributed by atoms with van der Waals surface area (Å²) >= 11 is 19.2. The Bertz CT molecular complexity index is 4340. The zero-order valence-corrected chi connectivity index (χ0v) is 65.4. The van der Waals surface area contributed by atoms with Gasteiger partial charge in [-0.05, 0) is 166 Å². The van der Waals surface area contributed by atoms with Crippen molar-refractivity contribution in [1.82, 2.24) is 0 Å². The summed E-state index contributed by atoms with van der Waals surface area (Å²) in [6, 6.07) is 34.0. The topological polar surface area (TPSA) is 166 Å². The maximum absolute atomic E-state index is 15.0. The minimum Gasteiger partial charge on any atom is -0.490 e. The van der Waals surface area contributed by atoms with E-state index in [-0.39, 0.29) is 83.5 Å². The van der Waals surface area contributed by atoms with Crippen LogP contribution in [-0.4, -0.2) is 255 Å². The molecule has 0 bridgehead atoms. The summed E-state index contributed by atoms with van der Waals surface area (Å²) in [4.78, 5) is 0.778. The molecule has 0 aromatic heterocycles. The first-order valence-electron chi connectivity index (χ1n) is 36.0. The van der Waals surface area contributed by atoms with Crippen LogP contribution in [0.3, 0.4) is 0 Å². The highest BCUT2D eigenvalue weighted by Gasteiger charge is 2.63. The normalized spacial score (nSPS) is 20.7. The largest absolute Gasteiger partial charge is 0.490 e. The molecule has 11 nitrogen and oxygen atoms in total. The van der Waals surface area contributed by atoms with Crippen molar-refractivity contribution in [1.29, 1.82) is 0 Å². The molecule has 3 heterocycles. The van der Waals surface area contributed by atoms with Gasteiger partial charge < -0.3 is 34.3 Å². The zero-order valence-electron chi connectivity index (χ0n) is 60.7. The van der Waals surface area contributed by atoms with Crippen molar-refractivity contribution in [2.24, 2.45) is 17.8 Å². The number of benzene rings is 7. The Balaban J connectivity index is 0.000000172. The quantitative estimate of drug-likeness (QED) is 0.0550. The van der Waals surface area contributed by atoms with Crippen LogP contribution in [0.1, 0.15) is 78.9 Å². The first-order valence-corrected chi connectivity index (χ1v) is 41.0. The van der Waals surface area contributed by atoms with Crippen LogP contribution in [0, 0.1) is 52.7 Å². The molecular weight excluding hydrogens is 1530 g/mol. The Labute approximate surface area is 695 Å².